The predicted molar refractivity (Wildman–Crippen MR) is 152 cm³/mol. The summed E-state index contributed by atoms with van der Waals surface area (Å²) in [5.41, 5.74) is 7.30. The van der Waals surface area contributed by atoms with Gasteiger partial charge in [0.2, 0.25) is 11.8 Å². The van der Waals surface area contributed by atoms with Crippen LogP contribution < -0.4 is 16.3 Å². The lowest BCUT2D eigenvalue weighted by Gasteiger charge is -2.46. The maximum Gasteiger partial charge on any atom is 0.310 e. The molecular formula is C31H42FN5O5. The molecule has 2 saturated heterocycles. The summed E-state index contributed by atoms with van der Waals surface area (Å²) in [6.07, 6.45) is 6.70. The molecule has 1 aromatic carbocycles. The number of fused-ring (bicyclic) bond motifs is 1. The number of ether oxygens (including phenoxy) is 1. The van der Waals surface area contributed by atoms with Gasteiger partial charge >= 0.3 is 5.97 Å². The number of benzene rings is 1. The first-order chi connectivity index (χ1) is 20.0. The lowest BCUT2D eigenvalue weighted by Crippen LogP contribution is -2.54. The zero-order chi connectivity index (χ0) is 29.8. The number of carboxylic acid groups (broad SMARTS) is 1. The lowest BCUT2D eigenvalue weighted by molar-refractivity contribution is -0.165. The molecule has 5 N–H and O–H groups in total. The minimum absolute atomic E-state index is 0.0271. The Bertz CT molecular complexity index is 1330. The van der Waals surface area contributed by atoms with Crippen molar-refractivity contribution < 1.29 is 28.6 Å². The van der Waals surface area contributed by atoms with Crippen LogP contribution in [0.1, 0.15) is 88.4 Å². The van der Waals surface area contributed by atoms with Crippen molar-refractivity contribution in [1.29, 1.82) is 0 Å². The largest absolute Gasteiger partial charge is 0.487 e. The molecule has 2 aliphatic carbocycles. The van der Waals surface area contributed by atoms with E-state index in [4.69, 9.17) is 16.3 Å². The molecule has 3 atom stereocenters. The minimum atomic E-state index is -1.21. The van der Waals surface area contributed by atoms with Gasteiger partial charge in [-0.2, -0.15) is 0 Å². The van der Waals surface area contributed by atoms with E-state index in [1.165, 1.54) is 6.07 Å². The molecule has 2 saturated carbocycles. The monoisotopic (exact) mass is 583 g/mol. The molecule has 6 rings (SSSR count). The summed E-state index contributed by atoms with van der Waals surface area (Å²) in [7, 11) is 0. The highest BCUT2D eigenvalue weighted by molar-refractivity contribution is 5.89. The molecular weight excluding hydrogens is 541 g/mol. The van der Waals surface area contributed by atoms with Crippen LogP contribution in [0.3, 0.4) is 0 Å². The Balaban J connectivity index is 1.39. The van der Waals surface area contributed by atoms with Crippen LogP contribution in [0.2, 0.25) is 0 Å². The van der Waals surface area contributed by atoms with E-state index in [0.29, 0.717) is 54.9 Å². The van der Waals surface area contributed by atoms with Gasteiger partial charge in [0.15, 0.2) is 0 Å². The average molecular weight is 584 g/mol. The van der Waals surface area contributed by atoms with Crippen LogP contribution in [-0.2, 0) is 20.8 Å². The predicted octanol–water partition coefficient (Wildman–Crippen LogP) is 3.41. The number of hydrazine groups is 1. The first kappa shape index (κ1) is 28.8. The highest BCUT2D eigenvalue weighted by atomic mass is 19.1. The van der Waals surface area contributed by atoms with Crippen LogP contribution in [-0.4, -0.2) is 63.9 Å². The molecule has 11 heteroatoms. The van der Waals surface area contributed by atoms with E-state index in [1.54, 1.807) is 27.8 Å². The fourth-order valence-electron chi connectivity index (χ4n) is 7.63. The number of likely N-dealkylation sites (tertiary alicyclic amines) is 1. The first-order valence-corrected chi connectivity index (χ1v) is 15.3. The Morgan fingerprint density at radius 1 is 1.12 bits per heavy atom. The van der Waals surface area contributed by atoms with Crippen LogP contribution in [0.15, 0.2) is 23.5 Å². The van der Waals surface area contributed by atoms with Crippen molar-refractivity contribution in [2.24, 2.45) is 28.3 Å². The van der Waals surface area contributed by atoms with E-state index in [0.717, 1.165) is 50.6 Å². The van der Waals surface area contributed by atoms with Gasteiger partial charge in [0, 0.05) is 37.2 Å². The summed E-state index contributed by atoms with van der Waals surface area (Å²) in [6.45, 7) is 3.05. The third-order valence-electron chi connectivity index (χ3n) is 10.5. The Labute approximate surface area is 245 Å². The number of piperidine rings is 1. The summed E-state index contributed by atoms with van der Waals surface area (Å²) in [6, 6.07) is 2.91. The van der Waals surface area contributed by atoms with Gasteiger partial charge in [0.05, 0.1) is 22.7 Å². The van der Waals surface area contributed by atoms with Crippen molar-refractivity contribution in [3.63, 3.8) is 0 Å². The zero-order valence-corrected chi connectivity index (χ0v) is 24.4. The van der Waals surface area contributed by atoms with Crippen LogP contribution in [0, 0.1) is 22.6 Å². The van der Waals surface area contributed by atoms with Crippen molar-refractivity contribution in [3.05, 3.63) is 40.5 Å². The van der Waals surface area contributed by atoms with E-state index < -0.39 is 29.3 Å². The van der Waals surface area contributed by atoms with Crippen LogP contribution in [0.25, 0.3) is 0 Å². The van der Waals surface area contributed by atoms with Gasteiger partial charge in [0.1, 0.15) is 24.3 Å². The number of amides is 2. The Hall–Kier alpha value is -3.34. The Kier molecular flexibility index (Phi) is 7.35. The summed E-state index contributed by atoms with van der Waals surface area (Å²) in [5.74, 6) is 4.01. The molecule has 1 spiro atoms. The van der Waals surface area contributed by atoms with E-state index in [1.807, 2.05) is 0 Å². The van der Waals surface area contributed by atoms with Gasteiger partial charge in [-0.05, 0) is 75.8 Å². The van der Waals surface area contributed by atoms with Gasteiger partial charge in [-0.15, -0.1) is 0 Å². The Morgan fingerprint density at radius 2 is 1.90 bits per heavy atom. The van der Waals surface area contributed by atoms with Gasteiger partial charge < -0.3 is 30.4 Å². The zero-order valence-electron chi connectivity index (χ0n) is 24.4. The summed E-state index contributed by atoms with van der Waals surface area (Å²) in [4.78, 5) is 43.7. The van der Waals surface area contributed by atoms with Gasteiger partial charge in [-0.1, -0.05) is 12.8 Å². The quantitative estimate of drug-likeness (QED) is 0.433. The third kappa shape index (κ3) is 4.89. The molecule has 228 valence electrons. The molecule has 4 fully saturated rings. The molecule has 5 aliphatic rings. The smallest absolute Gasteiger partial charge is 0.310 e. The van der Waals surface area contributed by atoms with E-state index >= 15 is 4.39 Å². The van der Waals surface area contributed by atoms with E-state index in [-0.39, 0.29) is 36.8 Å². The number of hydrogen-bond acceptors (Lipinski definition) is 7. The number of carbonyl (C=O) groups is 3. The molecule has 2 amide bonds. The summed E-state index contributed by atoms with van der Waals surface area (Å²) in [5, 5.41) is 11.8. The molecule has 0 bridgehead atoms. The van der Waals surface area contributed by atoms with E-state index in [9.17, 15) is 19.5 Å². The topological polar surface area (TPSA) is 142 Å². The van der Waals surface area contributed by atoms with Crippen molar-refractivity contribution in [3.8, 4) is 5.75 Å². The summed E-state index contributed by atoms with van der Waals surface area (Å²) < 4.78 is 21.7. The second-order valence-corrected chi connectivity index (χ2v) is 13.2. The number of nitrogens with zero attached hydrogens (tertiary/aromatic N) is 3. The van der Waals surface area contributed by atoms with Crippen molar-refractivity contribution >= 4 is 17.8 Å². The van der Waals surface area contributed by atoms with Crippen LogP contribution in [0.5, 0.6) is 5.75 Å². The van der Waals surface area contributed by atoms with Gasteiger partial charge in [-0.25, -0.2) is 10.2 Å². The van der Waals surface area contributed by atoms with Gasteiger partial charge in [0.25, 0.3) is 0 Å². The highest BCUT2D eigenvalue weighted by Gasteiger charge is 2.56. The molecule has 3 aliphatic heterocycles. The van der Waals surface area contributed by atoms with Crippen LogP contribution >= 0.6 is 0 Å². The lowest BCUT2D eigenvalue weighted by atomic mass is 9.66. The molecule has 3 heterocycles. The fourth-order valence-corrected chi connectivity index (χ4v) is 7.63. The fraction of sp³-hybridized carbons (Fsp3) is 0.645. The minimum Gasteiger partial charge on any atom is -0.487 e. The number of rotatable bonds is 6. The SMILES string of the molecule is C[C@]1(C(=O)O)CCCC[C@H]1C(=O)N1CCc2c(F)ccc(OC/C(N)=C3\CCCCN3N)c2C1N1CC2(CC2)CC1=O. The molecule has 1 unspecified atom stereocenters. The number of allylic oxidation sites excluding steroid dienone is 1. The molecule has 10 nitrogen and oxygen atoms in total. The number of hydrogen-bond donors (Lipinski definition) is 3. The number of nitrogens with two attached hydrogens (primary N) is 2. The maximum atomic E-state index is 15.4. The Morgan fingerprint density at radius 3 is 2.60 bits per heavy atom. The van der Waals surface area contributed by atoms with Crippen molar-refractivity contribution in [2.75, 3.05) is 26.2 Å². The first-order valence-electron chi connectivity index (χ1n) is 15.3. The number of carboxylic acids is 1. The third-order valence-corrected chi connectivity index (χ3v) is 10.5. The normalized spacial score (nSPS) is 29.9. The summed E-state index contributed by atoms with van der Waals surface area (Å²) >= 11 is 0. The van der Waals surface area contributed by atoms with Gasteiger partial charge in [-0.3, -0.25) is 14.4 Å². The highest BCUT2D eigenvalue weighted by Crippen LogP contribution is 2.56. The molecule has 0 radical (unpaired) electrons. The van der Waals surface area contributed by atoms with Crippen molar-refractivity contribution in [2.45, 2.75) is 83.7 Å². The molecule has 0 aromatic heterocycles. The van der Waals surface area contributed by atoms with Crippen molar-refractivity contribution in [1.82, 2.24) is 14.8 Å². The number of halogens is 1. The number of carbonyl (C=O) groups excluding carboxylic acids is 2. The number of aliphatic carboxylic acids is 1. The second kappa shape index (κ2) is 10.7. The standard InChI is InChI=1S/C31H42FN5O5/c1-30(29(40)41)11-4-2-6-20(30)28(39)35-15-10-19-21(32)8-9-24(42-17-22(33)23-7-3-5-14-37(23)34)26(19)27(35)36-18-31(12-13-31)16-25(36)38/h8-9,20,27H,2-7,10-18,33-34H2,1H3,(H,40,41)/b23-22-/t20-,27?,30-/m0/s1. The average Bonchev–Trinajstić information content (AvgIpc) is 3.65. The maximum absolute atomic E-state index is 15.4. The van der Waals surface area contributed by atoms with E-state index in [2.05, 4.69) is 0 Å². The van der Waals surface area contributed by atoms with Crippen LogP contribution in [0.4, 0.5) is 4.39 Å². The second-order valence-electron chi connectivity index (χ2n) is 13.2. The molecule has 42 heavy (non-hydrogen) atoms. The molecule has 1 aromatic rings.